The van der Waals surface area contributed by atoms with E-state index in [0.29, 0.717) is 12.1 Å². The lowest BCUT2D eigenvalue weighted by atomic mass is 10.1. The number of carbonyl (C=O) groups excluding carboxylic acids is 1. The van der Waals surface area contributed by atoms with E-state index >= 15 is 0 Å². The van der Waals surface area contributed by atoms with Gasteiger partial charge in [-0.05, 0) is 49.2 Å². The van der Waals surface area contributed by atoms with Crippen LogP contribution in [0.15, 0.2) is 48.8 Å². The van der Waals surface area contributed by atoms with Gasteiger partial charge in [0.2, 0.25) is 0 Å². The average molecular weight is 295 g/mol. The molecule has 4 nitrogen and oxygen atoms in total. The molecule has 1 aliphatic rings. The van der Waals surface area contributed by atoms with Crippen LogP contribution in [0.5, 0.6) is 0 Å². The van der Waals surface area contributed by atoms with E-state index in [4.69, 9.17) is 0 Å². The molecule has 1 amide bonds. The Balaban J connectivity index is 1.63. The molecular formula is C18H21N3O. The molecule has 0 aliphatic carbocycles. The minimum absolute atomic E-state index is 0.0571. The average Bonchev–Trinajstić information content (AvgIpc) is 3.07. The molecule has 1 fully saturated rings. The van der Waals surface area contributed by atoms with E-state index in [1.807, 2.05) is 6.07 Å². The van der Waals surface area contributed by atoms with Crippen molar-refractivity contribution < 1.29 is 4.79 Å². The Labute approximate surface area is 131 Å². The fourth-order valence-electron chi connectivity index (χ4n) is 2.85. The smallest absolute Gasteiger partial charge is 0.251 e. The van der Waals surface area contributed by atoms with Gasteiger partial charge >= 0.3 is 0 Å². The minimum Gasteiger partial charge on any atom is -0.348 e. The topological polar surface area (TPSA) is 45.2 Å². The first-order valence-electron chi connectivity index (χ1n) is 7.80. The van der Waals surface area contributed by atoms with Crippen molar-refractivity contribution in [3.63, 3.8) is 0 Å². The molecule has 22 heavy (non-hydrogen) atoms. The van der Waals surface area contributed by atoms with Gasteiger partial charge < -0.3 is 5.32 Å². The summed E-state index contributed by atoms with van der Waals surface area (Å²) in [5.41, 5.74) is 3.14. The van der Waals surface area contributed by atoms with Gasteiger partial charge in [0.15, 0.2) is 0 Å². The highest BCUT2D eigenvalue weighted by atomic mass is 16.1. The summed E-state index contributed by atoms with van der Waals surface area (Å²) >= 11 is 0. The molecule has 0 unspecified atom stereocenters. The molecule has 1 aromatic heterocycles. The summed E-state index contributed by atoms with van der Waals surface area (Å²) < 4.78 is 0. The predicted molar refractivity (Wildman–Crippen MR) is 86.4 cm³/mol. The Hall–Kier alpha value is -2.20. The maximum absolute atomic E-state index is 12.1. The highest BCUT2D eigenvalue weighted by molar-refractivity contribution is 5.93. The van der Waals surface area contributed by atoms with Crippen LogP contribution in [0.4, 0.5) is 0 Å². The lowest BCUT2D eigenvalue weighted by Gasteiger charge is -2.17. The molecule has 1 aliphatic heterocycles. The van der Waals surface area contributed by atoms with Gasteiger partial charge in [-0.1, -0.05) is 24.3 Å². The number of nitrogens with zero attached hydrogens (tertiary/aromatic N) is 2. The SMILES string of the molecule is O=C(NCc1ccccc1CN1CCCC1)c1ccncc1. The summed E-state index contributed by atoms with van der Waals surface area (Å²) in [5.74, 6) is -0.0571. The van der Waals surface area contributed by atoms with Crippen LogP contribution in [-0.2, 0) is 13.1 Å². The number of amides is 1. The van der Waals surface area contributed by atoms with Gasteiger partial charge in [0.1, 0.15) is 0 Å². The van der Waals surface area contributed by atoms with Crippen LogP contribution < -0.4 is 5.32 Å². The van der Waals surface area contributed by atoms with Crippen LogP contribution in [0.1, 0.15) is 34.3 Å². The van der Waals surface area contributed by atoms with Gasteiger partial charge in [0.25, 0.3) is 5.91 Å². The van der Waals surface area contributed by atoms with E-state index in [-0.39, 0.29) is 5.91 Å². The van der Waals surface area contributed by atoms with E-state index in [0.717, 1.165) is 6.54 Å². The zero-order chi connectivity index (χ0) is 15.2. The van der Waals surface area contributed by atoms with Crippen LogP contribution in [0.25, 0.3) is 0 Å². The van der Waals surface area contributed by atoms with Crippen molar-refractivity contribution in [1.82, 2.24) is 15.2 Å². The van der Waals surface area contributed by atoms with Crippen molar-refractivity contribution in [1.29, 1.82) is 0 Å². The number of pyridine rings is 1. The number of likely N-dealkylation sites (tertiary alicyclic amines) is 1. The standard InChI is InChI=1S/C18H21N3O/c22-18(15-7-9-19-10-8-15)20-13-16-5-1-2-6-17(16)14-21-11-3-4-12-21/h1-2,5-10H,3-4,11-14H2,(H,20,22). The molecule has 0 spiro atoms. The van der Waals surface area contributed by atoms with Crippen molar-refractivity contribution in [2.24, 2.45) is 0 Å². The summed E-state index contributed by atoms with van der Waals surface area (Å²) in [6.45, 7) is 3.89. The van der Waals surface area contributed by atoms with E-state index < -0.39 is 0 Å². The fourth-order valence-corrected chi connectivity index (χ4v) is 2.85. The van der Waals surface area contributed by atoms with Crippen molar-refractivity contribution in [2.75, 3.05) is 13.1 Å². The molecule has 2 heterocycles. The summed E-state index contributed by atoms with van der Waals surface area (Å²) in [5, 5.41) is 3.00. The highest BCUT2D eigenvalue weighted by Crippen LogP contribution is 2.16. The van der Waals surface area contributed by atoms with Crippen molar-refractivity contribution in [3.8, 4) is 0 Å². The van der Waals surface area contributed by atoms with Crippen LogP contribution in [0.3, 0.4) is 0 Å². The summed E-state index contributed by atoms with van der Waals surface area (Å²) in [6, 6.07) is 11.8. The first kappa shape index (κ1) is 14.7. The summed E-state index contributed by atoms with van der Waals surface area (Å²) in [4.78, 5) is 18.5. The highest BCUT2D eigenvalue weighted by Gasteiger charge is 2.14. The number of nitrogens with one attached hydrogen (secondary N) is 1. The minimum atomic E-state index is -0.0571. The molecule has 0 atom stereocenters. The Morgan fingerprint density at radius 2 is 1.73 bits per heavy atom. The number of benzene rings is 1. The molecular weight excluding hydrogens is 274 g/mol. The lowest BCUT2D eigenvalue weighted by molar-refractivity contribution is 0.0950. The monoisotopic (exact) mass is 295 g/mol. The first-order chi connectivity index (χ1) is 10.8. The fraction of sp³-hybridized carbons (Fsp3) is 0.333. The van der Waals surface area contributed by atoms with Crippen molar-refractivity contribution in [2.45, 2.75) is 25.9 Å². The third-order valence-electron chi connectivity index (χ3n) is 4.09. The lowest BCUT2D eigenvalue weighted by Crippen LogP contribution is -2.25. The molecule has 1 aromatic carbocycles. The van der Waals surface area contributed by atoms with Crippen LogP contribution in [-0.4, -0.2) is 28.9 Å². The van der Waals surface area contributed by atoms with Crippen LogP contribution in [0.2, 0.25) is 0 Å². The third kappa shape index (κ3) is 3.71. The molecule has 1 N–H and O–H groups in total. The number of hydrogen-bond donors (Lipinski definition) is 1. The third-order valence-corrected chi connectivity index (χ3v) is 4.09. The van der Waals surface area contributed by atoms with Crippen molar-refractivity contribution >= 4 is 5.91 Å². The molecule has 3 rings (SSSR count). The Morgan fingerprint density at radius 1 is 1.05 bits per heavy atom. The van der Waals surface area contributed by atoms with Gasteiger partial charge in [-0.2, -0.15) is 0 Å². The molecule has 0 radical (unpaired) electrons. The van der Waals surface area contributed by atoms with E-state index in [1.165, 1.54) is 37.1 Å². The number of hydrogen-bond acceptors (Lipinski definition) is 3. The zero-order valence-corrected chi connectivity index (χ0v) is 12.7. The summed E-state index contributed by atoms with van der Waals surface area (Å²) in [6.07, 6.45) is 5.86. The quantitative estimate of drug-likeness (QED) is 0.922. The van der Waals surface area contributed by atoms with E-state index in [9.17, 15) is 4.79 Å². The second-order valence-corrected chi connectivity index (χ2v) is 5.67. The maximum Gasteiger partial charge on any atom is 0.251 e. The maximum atomic E-state index is 12.1. The van der Waals surface area contributed by atoms with Gasteiger partial charge in [-0.25, -0.2) is 0 Å². The molecule has 4 heteroatoms. The Morgan fingerprint density at radius 3 is 2.45 bits per heavy atom. The van der Waals surface area contributed by atoms with Crippen molar-refractivity contribution in [3.05, 3.63) is 65.5 Å². The number of rotatable bonds is 5. The zero-order valence-electron chi connectivity index (χ0n) is 12.7. The number of aromatic nitrogens is 1. The molecule has 2 aromatic rings. The van der Waals surface area contributed by atoms with Gasteiger partial charge in [-0.15, -0.1) is 0 Å². The van der Waals surface area contributed by atoms with Crippen LogP contribution >= 0.6 is 0 Å². The largest absolute Gasteiger partial charge is 0.348 e. The van der Waals surface area contributed by atoms with Gasteiger partial charge in [-0.3, -0.25) is 14.7 Å². The molecule has 0 bridgehead atoms. The van der Waals surface area contributed by atoms with Crippen LogP contribution in [0, 0.1) is 0 Å². The normalized spacial score (nSPS) is 14.9. The second-order valence-electron chi connectivity index (χ2n) is 5.67. The van der Waals surface area contributed by atoms with Gasteiger partial charge in [0, 0.05) is 31.0 Å². The van der Waals surface area contributed by atoms with E-state index in [2.05, 4.69) is 33.4 Å². The van der Waals surface area contributed by atoms with Gasteiger partial charge in [0.05, 0.1) is 0 Å². The molecule has 1 saturated heterocycles. The molecule has 114 valence electrons. The molecule has 0 saturated carbocycles. The number of carbonyl (C=O) groups is 1. The van der Waals surface area contributed by atoms with E-state index in [1.54, 1.807) is 24.5 Å². The Kier molecular flexibility index (Phi) is 4.81. The summed E-state index contributed by atoms with van der Waals surface area (Å²) in [7, 11) is 0. The predicted octanol–water partition coefficient (Wildman–Crippen LogP) is 2.61. The Bertz CT molecular complexity index is 621. The first-order valence-corrected chi connectivity index (χ1v) is 7.80. The second kappa shape index (κ2) is 7.18.